The van der Waals surface area contributed by atoms with Crippen LogP contribution in [-0.4, -0.2) is 22.8 Å². The van der Waals surface area contributed by atoms with Crippen molar-refractivity contribution in [2.45, 2.75) is 51.1 Å². The van der Waals surface area contributed by atoms with Crippen molar-refractivity contribution in [3.63, 3.8) is 0 Å². The second-order valence-corrected chi connectivity index (χ2v) is 6.25. The van der Waals surface area contributed by atoms with E-state index in [9.17, 15) is 0 Å². The normalized spacial score (nSPS) is 11.0. The first kappa shape index (κ1) is 16.6. The zero-order valence-corrected chi connectivity index (χ0v) is 13.7. The van der Waals surface area contributed by atoms with Crippen LogP contribution in [-0.2, 0) is 0 Å². The number of rotatable bonds is 9. The Hall–Kier alpha value is -0.480. The van der Waals surface area contributed by atoms with Crippen LogP contribution in [0.3, 0.4) is 0 Å². The topological polar surface area (TPSA) is 37.8 Å². The predicted octanol–water partition coefficient (Wildman–Crippen LogP) is 4.87. The fourth-order valence-corrected chi connectivity index (χ4v) is 2.44. The molecule has 0 aliphatic heterocycles. The first-order chi connectivity index (χ1) is 9.11. The number of nitrogens with zero attached hydrogens (tertiary/aromatic N) is 2. The molecule has 0 aliphatic rings. The molecule has 0 saturated carbocycles. The molecule has 0 atom stereocenters. The molecule has 0 saturated heterocycles. The predicted molar refractivity (Wildman–Crippen MR) is 85.2 cm³/mol. The molecule has 5 heteroatoms. The maximum atomic E-state index is 5.94. The van der Waals surface area contributed by atoms with Crippen molar-refractivity contribution in [3.8, 4) is 0 Å². The highest BCUT2D eigenvalue weighted by Gasteiger charge is 2.01. The Morgan fingerprint density at radius 2 is 1.95 bits per heavy atom. The lowest BCUT2D eigenvalue weighted by Gasteiger charge is -2.07. The quantitative estimate of drug-likeness (QED) is 0.305. The highest BCUT2D eigenvalue weighted by atomic mass is 35.5. The van der Waals surface area contributed by atoms with Gasteiger partial charge in [-0.05, 0) is 18.6 Å². The summed E-state index contributed by atoms with van der Waals surface area (Å²) in [5, 5.41) is 4.52. The van der Waals surface area contributed by atoms with Crippen molar-refractivity contribution in [3.05, 3.63) is 11.2 Å². The van der Waals surface area contributed by atoms with Crippen molar-refractivity contribution >= 4 is 29.2 Å². The van der Waals surface area contributed by atoms with Gasteiger partial charge in [0, 0.05) is 12.6 Å². The Kier molecular flexibility index (Phi) is 8.22. The summed E-state index contributed by atoms with van der Waals surface area (Å²) >= 11 is 7.44. The maximum absolute atomic E-state index is 5.94. The molecule has 19 heavy (non-hydrogen) atoms. The number of nitrogens with one attached hydrogen (secondary N) is 1. The number of aromatic nitrogens is 2. The monoisotopic (exact) mass is 301 g/mol. The van der Waals surface area contributed by atoms with Gasteiger partial charge in [-0.25, -0.2) is 9.97 Å². The van der Waals surface area contributed by atoms with Crippen LogP contribution in [0, 0.1) is 5.92 Å². The Morgan fingerprint density at radius 1 is 1.21 bits per heavy atom. The van der Waals surface area contributed by atoms with E-state index in [4.69, 9.17) is 11.6 Å². The summed E-state index contributed by atoms with van der Waals surface area (Å²) in [5.74, 6) is 1.65. The van der Waals surface area contributed by atoms with Crippen molar-refractivity contribution in [2.24, 2.45) is 5.92 Å². The average molecular weight is 302 g/mol. The summed E-state index contributed by atoms with van der Waals surface area (Å²) in [6.07, 6.45) is 8.40. The average Bonchev–Trinajstić information content (AvgIpc) is 2.36. The Labute approximate surface area is 125 Å². The number of anilines is 1. The molecule has 3 nitrogen and oxygen atoms in total. The minimum Gasteiger partial charge on any atom is -0.370 e. The highest BCUT2D eigenvalue weighted by Crippen LogP contribution is 2.17. The van der Waals surface area contributed by atoms with E-state index in [-0.39, 0.29) is 0 Å². The molecule has 0 aromatic carbocycles. The van der Waals surface area contributed by atoms with Gasteiger partial charge in [-0.1, -0.05) is 62.9 Å². The van der Waals surface area contributed by atoms with E-state index in [0.717, 1.165) is 18.3 Å². The van der Waals surface area contributed by atoms with Crippen LogP contribution < -0.4 is 5.32 Å². The molecule has 0 fully saturated rings. The third kappa shape index (κ3) is 7.63. The molecule has 1 aromatic heterocycles. The van der Waals surface area contributed by atoms with Crippen molar-refractivity contribution in [2.75, 3.05) is 18.1 Å². The van der Waals surface area contributed by atoms with Gasteiger partial charge in [-0.2, -0.15) is 0 Å². The smallest absolute Gasteiger partial charge is 0.190 e. The SMILES string of the molecule is CSc1nc(Cl)cc(NCCCCCCC(C)C)n1. The number of halogens is 1. The molecule has 0 bridgehead atoms. The zero-order chi connectivity index (χ0) is 14.1. The molecule has 108 valence electrons. The number of hydrogen-bond donors (Lipinski definition) is 1. The zero-order valence-electron chi connectivity index (χ0n) is 12.1. The van der Waals surface area contributed by atoms with Crippen LogP contribution in [0.5, 0.6) is 0 Å². The van der Waals surface area contributed by atoms with Crippen LogP contribution in [0.15, 0.2) is 11.2 Å². The van der Waals surface area contributed by atoms with Crippen molar-refractivity contribution in [1.29, 1.82) is 0 Å². The molecular weight excluding hydrogens is 278 g/mol. The number of thioether (sulfide) groups is 1. The van der Waals surface area contributed by atoms with E-state index in [1.54, 1.807) is 6.07 Å². The Morgan fingerprint density at radius 3 is 2.63 bits per heavy atom. The molecule has 1 N–H and O–H groups in total. The van der Waals surface area contributed by atoms with Gasteiger partial charge in [0.25, 0.3) is 0 Å². The van der Waals surface area contributed by atoms with E-state index in [1.807, 2.05) is 6.26 Å². The van der Waals surface area contributed by atoms with Gasteiger partial charge >= 0.3 is 0 Å². The largest absolute Gasteiger partial charge is 0.370 e. The summed E-state index contributed by atoms with van der Waals surface area (Å²) in [4.78, 5) is 8.48. The Bertz CT molecular complexity index is 372. The summed E-state index contributed by atoms with van der Waals surface area (Å²) < 4.78 is 0. The molecule has 0 unspecified atom stereocenters. The van der Waals surface area contributed by atoms with Gasteiger partial charge in [-0.3, -0.25) is 0 Å². The standard InChI is InChI=1S/C14H24ClN3S/c1-11(2)8-6-4-5-7-9-16-13-10-12(15)17-14(18-13)19-3/h10-11H,4-9H2,1-3H3,(H,16,17,18). The van der Waals surface area contributed by atoms with E-state index < -0.39 is 0 Å². The fraction of sp³-hybridized carbons (Fsp3) is 0.714. The summed E-state index contributed by atoms with van der Waals surface area (Å²) in [6.45, 7) is 5.51. The van der Waals surface area contributed by atoms with Crippen LogP contribution in [0.1, 0.15) is 46.0 Å². The number of unbranched alkanes of at least 4 members (excludes halogenated alkanes) is 3. The molecule has 1 rings (SSSR count). The second kappa shape index (κ2) is 9.43. The molecule has 0 aliphatic carbocycles. The van der Waals surface area contributed by atoms with Crippen molar-refractivity contribution in [1.82, 2.24) is 9.97 Å². The fourth-order valence-electron chi connectivity index (χ4n) is 1.83. The third-order valence-electron chi connectivity index (χ3n) is 2.87. The molecule has 1 heterocycles. The van der Waals surface area contributed by atoms with Crippen molar-refractivity contribution < 1.29 is 0 Å². The molecule has 1 aromatic rings. The van der Waals surface area contributed by atoms with E-state index in [0.29, 0.717) is 10.3 Å². The third-order valence-corrected chi connectivity index (χ3v) is 3.61. The number of hydrogen-bond acceptors (Lipinski definition) is 4. The summed E-state index contributed by atoms with van der Waals surface area (Å²) in [7, 11) is 0. The maximum Gasteiger partial charge on any atom is 0.190 e. The van der Waals surface area contributed by atoms with Crippen LogP contribution in [0.4, 0.5) is 5.82 Å². The summed E-state index contributed by atoms with van der Waals surface area (Å²) in [5.41, 5.74) is 0. The highest BCUT2D eigenvalue weighted by molar-refractivity contribution is 7.98. The van der Waals surface area contributed by atoms with Gasteiger partial charge in [0.15, 0.2) is 5.16 Å². The Balaban J connectivity index is 2.17. The lowest BCUT2D eigenvalue weighted by atomic mass is 10.0. The minimum absolute atomic E-state index is 0.499. The van der Waals surface area contributed by atoms with Gasteiger partial charge in [0.1, 0.15) is 11.0 Å². The minimum atomic E-state index is 0.499. The van der Waals surface area contributed by atoms with Crippen LogP contribution >= 0.6 is 23.4 Å². The van der Waals surface area contributed by atoms with Gasteiger partial charge in [-0.15, -0.1) is 0 Å². The molecule has 0 spiro atoms. The molecule has 0 amide bonds. The van der Waals surface area contributed by atoms with Gasteiger partial charge < -0.3 is 5.32 Å². The van der Waals surface area contributed by atoms with Crippen LogP contribution in [0.2, 0.25) is 5.15 Å². The lowest BCUT2D eigenvalue weighted by Crippen LogP contribution is -2.04. The summed E-state index contributed by atoms with van der Waals surface area (Å²) in [6, 6.07) is 1.78. The van der Waals surface area contributed by atoms with Gasteiger partial charge in [0.05, 0.1) is 0 Å². The van der Waals surface area contributed by atoms with E-state index in [2.05, 4.69) is 29.1 Å². The van der Waals surface area contributed by atoms with E-state index in [1.165, 1.54) is 43.9 Å². The molecular formula is C14H24ClN3S. The first-order valence-electron chi connectivity index (χ1n) is 6.94. The van der Waals surface area contributed by atoms with E-state index >= 15 is 0 Å². The second-order valence-electron chi connectivity index (χ2n) is 5.09. The first-order valence-corrected chi connectivity index (χ1v) is 8.54. The lowest BCUT2D eigenvalue weighted by molar-refractivity contribution is 0.523. The molecule has 0 radical (unpaired) electrons. The van der Waals surface area contributed by atoms with Crippen LogP contribution in [0.25, 0.3) is 0 Å². The van der Waals surface area contributed by atoms with Gasteiger partial charge in [0.2, 0.25) is 0 Å².